The number of benzene rings is 1. The number of hydrogen-bond acceptors (Lipinski definition) is 8. The molecule has 0 spiro atoms. The third-order valence-electron chi connectivity index (χ3n) is 6.41. The maximum Gasteiger partial charge on any atom is 0.326 e. The molecule has 13 heteroatoms. The Morgan fingerprint density at radius 2 is 2.08 bits per heavy atom. The van der Waals surface area contributed by atoms with Crippen LogP contribution in [0.4, 0.5) is 5.69 Å². The number of rotatable bonds is 8. The van der Waals surface area contributed by atoms with Gasteiger partial charge in [-0.15, -0.1) is 22.7 Å². The van der Waals surface area contributed by atoms with Gasteiger partial charge in [-0.25, -0.2) is 18.2 Å². The highest BCUT2D eigenvalue weighted by Crippen LogP contribution is 2.35. The van der Waals surface area contributed by atoms with Crippen LogP contribution in [0.1, 0.15) is 11.8 Å². The van der Waals surface area contributed by atoms with E-state index in [4.69, 9.17) is 0 Å². The van der Waals surface area contributed by atoms with E-state index in [0.29, 0.717) is 30.8 Å². The lowest BCUT2D eigenvalue weighted by Gasteiger charge is -2.36. The summed E-state index contributed by atoms with van der Waals surface area (Å²) in [5, 5.41) is 12.6. The summed E-state index contributed by atoms with van der Waals surface area (Å²) < 4.78 is 27.7. The van der Waals surface area contributed by atoms with Gasteiger partial charge < -0.3 is 15.0 Å². The Morgan fingerprint density at radius 3 is 2.78 bits per heavy atom. The van der Waals surface area contributed by atoms with Crippen LogP contribution in [0.2, 0.25) is 0 Å². The first kappa shape index (κ1) is 25.4. The number of amides is 1. The van der Waals surface area contributed by atoms with E-state index >= 15 is 0 Å². The zero-order chi connectivity index (χ0) is 26.3. The number of carboxylic acid groups (broad SMARTS) is 1. The summed E-state index contributed by atoms with van der Waals surface area (Å²) in [7, 11) is -2.13. The van der Waals surface area contributed by atoms with Gasteiger partial charge in [0.25, 0.3) is 10.0 Å². The van der Waals surface area contributed by atoms with Gasteiger partial charge in [0.15, 0.2) is 0 Å². The van der Waals surface area contributed by atoms with Gasteiger partial charge in [-0.05, 0) is 30.5 Å². The number of aliphatic carboxylic acids is 1. The second-order valence-electron chi connectivity index (χ2n) is 8.77. The molecular weight excluding hydrogens is 534 g/mol. The summed E-state index contributed by atoms with van der Waals surface area (Å²) in [5.41, 5.74) is 2.02. The van der Waals surface area contributed by atoms with E-state index in [0.717, 1.165) is 21.0 Å². The van der Waals surface area contributed by atoms with E-state index in [1.165, 1.54) is 38.8 Å². The SMILES string of the molecule is CC(C(=O)O)N1CCN(Cc2cnc(-c3cc4cccc(N(C)S(=O)(=O)c5cccs5)c4[nH]3)s2)CC1=O. The minimum absolute atomic E-state index is 0.158. The Bertz CT molecular complexity index is 1560. The Balaban J connectivity index is 1.34. The number of carbonyl (C=O) groups excluding carboxylic acids is 1. The molecule has 1 aliphatic rings. The highest BCUT2D eigenvalue weighted by Gasteiger charge is 2.31. The van der Waals surface area contributed by atoms with E-state index in [9.17, 15) is 23.1 Å². The van der Waals surface area contributed by atoms with E-state index in [1.54, 1.807) is 36.8 Å². The van der Waals surface area contributed by atoms with Crippen LogP contribution in [0, 0.1) is 0 Å². The van der Waals surface area contributed by atoms with E-state index < -0.39 is 22.0 Å². The lowest BCUT2D eigenvalue weighted by Crippen LogP contribution is -2.54. The molecule has 0 radical (unpaired) electrons. The molecule has 1 saturated heterocycles. The molecule has 194 valence electrons. The Morgan fingerprint density at radius 1 is 1.27 bits per heavy atom. The molecule has 0 saturated carbocycles. The first-order valence-corrected chi connectivity index (χ1v) is 14.6. The van der Waals surface area contributed by atoms with Crippen molar-refractivity contribution in [1.29, 1.82) is 0 Å². The molecule has 4 heterocycles. The second-order valence-corrected chi connectivity index (χ2v) is 13.0. The molecular formula is C24H25N5O5S3. The first-order valence-electron chi connectivity index (χ1n) is 11.5. The summed E-state index contributed by atoms with van der Waals surface area (Å²) in [4.78, 5) is 35.9. The van der Waals surface area contributed by atoms with Gasteiger partial charge in [0, 0.05) is 43.1 Å². The second kappa shape index (κ2) is 9.89. The van der Waals surface area contributed by atoms with Crippen LogP contribution in [0.5, 0.6) is 0 Å². The van der Waals surface area contributed by atoms with Gasteiger partial charge in [0.2, 0.25) is 5.91 Å². The number of hydrogen-bond donors (Lipinski definition) is 2. The fourth-order valence-electron chi connectivity index (χ4n) is 4.33. The van der Waals surface area contributed by atoms with Crippen LogP contribution in [0.15, 0.2) is 52.2 Å². The first-order chi connectivity index (χ1) is 17.6. The lowest BCUT2D eigenvalue weighted by atomic mass is 10.2. The third kappa shape index (κ3) is 4.87. The smallest absolute Gasteiger partial charge is 0.326 e. The van der Waals surface area contributed by atoms with Crippen molar-refractivity contribution in [1.82, 2.24) is 19.8 Å². The number of aromatic amines is 1. The Labute approximate surface area is 221 Å². The average Bonchev–Trinajstić information content (AvgIpc) is 3.63. The normalized spacial score (nSPS) is 15.8. The molecule has 1 unspecified atom stereocenters. The summed E-state index contributed by atoms with van der Waals surface area (Å²) in [6.45, 7) is 3.16. The lowest BCUT2D eigenvalue weighted by molar-refractivity contribution is -0.152. The third-order valence-corrected chi connectivity index (χ3v) is 10.6. The van der Waals surface area contributed by atoms with Crippen molar-refractivity contribution in [2.24, 2.45) is 0 Å². The maximum atomic E-state index is 13.1. The number of carbonyl (C=O) groups is 2. The predicted molar refractivity (Wildman–Crippen MR) is 143 cm³/mol. The number of thiazole rings is 1. The quantitative estimate of drug-likeness (QED) is 0.339. The molecule has 37 heavy (non-hydrogen) atoms. The highest BCUT2D eigenvalue weighted by atomic mass is 32.2. The van der Waals surface area contributed by atoms with Crippen molar-refractivity contribution < 1.29 is 23.1 Å². The molecule has 5 rings (SSSR count). The zero-order valence-corrected chi connectivity index (χ0v) is 22.6. The number of carboxylic acids is 1. The van der Waals surface area contributed by atoms with Crippen molar-refractivity contribution in [3.05, 3.63) is 52.9 Å². The van der Waals surface area contributed by atoms with Gasteiger partial charge in [0.1, 0.15) is 15.3 Å². The number of nitrogens with zero attached hydrogens (tertiary/aromatic N) is 4. The van der Waals surface area contributed by atoms with Crippen molar-refractivity contribution in [3.63, 3.8) is 0 Å². The van der Waals surface area contributed by atoms with Crippen LogP contribution >= 0.6 is 22.7 Å². The molecule has 1 fully saturated rings. The summed E-state index contributed by atoms with van der Waals surface area (Å²) >= 11 is 2.67. The molecule has 3 aromatic heterocycles. The van der Waals surface area contributed by atoms with Crippen molar-refractivity contribution in [3.8, 4) is 10.7 Å². The molecule has 1 atom stereocenters. The summed E-state index contributed by atoms with van der Waals surface area (Å²) in [6, 6.07) is 9.92. The molecule has 1 aromatic carbocycles. The Hall–Kier alpha value is -3.26. The molecule has 2 N–H and O–H groups in total. The average molecular weight is 560 g/mol. The minimum atomic E-state index is -3.68. The van der Waals surface area contributed by atoms with Crippen LogP contribution in [-0.4, -0.2) is 77.9 Å². The summed E-state index contributed by atoms with van der Waals surface area (Å²) in [6.07, 6.45) is 1.77. The number of aromatic nitrogens is 2. The number of H-pyrrole nitrogens is 1. The fourth-order valence-corrected chi connectivity index (χ4v) is 7.63. The van der Waals surface area contributed by atoms with Crippen LogP contribution < -0.4 is 4.31 Å². The number of thiophene rings is 1. The summed E-state index contributed by atoms with van der Waals surface area (Å²) in [5.74, 6) is -1.21. The minimum Gasteiger partial charge on any atom is -0.480 e. The zero-order valence-electron chi connectivity index (χ0n) is 20.1. The van der Waals surface area contributed by atoms with Gasteiger partial charge >= 0.3 is 5.97 Å². The molecule has 0 bridgehead atoms. The van der Waals surface area contributed by atoms with Crippen molar-refractivity contribution in [2.45, 2.75) is 23.7 Å². The molecule has 10 nitrogen and oxygen atoms in total. The number of nitrogens with one attached hydrogen (secondary N) is 1. The van der Waals surface area contributed by atoms with Crippen LogP contribution in [-0.2, 0) is 26.2 Å². The number of piperazine rings is 1. The molecule has 1 amide bonds. The van der Waals surface area contributed by atoms with E-state index in [2.05, 4.69) is 9.97 Å². The molecule has 4 aromatic rings. The number of fused-ring (bicyclic) bond motifs is 1. The van der Waals surface area contributed by atoms with Crippen LogP contribution in [0.25, 0.3) is 21.6 Å². The van der Waals surface area contributed by atoms with Gasteiger partial charge in [0.05, 0.1) is 23.4 Å². The van der Waals surface area contributed by atoms with Crippen molar-refractivity contribution >= 4 is 61.2 Å². The van der Waals surface area contributed by atoms with Crippen LogP contribution in [0.3, 0.4) is 0 Å². The van der Waals surface area contributed by atoms with Gasteiger partial charge in [-0.3, -0.25) is 14.0 Å². The van der Waals surface area contributed by atoms with Gasteiger partial charge in [-0.2, -0.15) is 0 Å². The standard InChI is InChI=1S/C24H25N5O5S3/c1-15(24(31)32)29-9-8-28(14-20(29)30)13-17-12-25-23(36-17)18-11-16-5-3-6-19(22(16)26-18)27(2)37(33,34)21-7-4-10-35-21/h3-7,10-12,15,26H,8-9,13-14H2,1-2H3,(H,31,32). The molecule has 0 aliphatic carbocycles. The number of sulfonamides is 1. The monoisotopic (exact) mass is 559 g/mol. The van der Waals surface area contributed by atoms with Gasteiger partial charge in [-0.1, -0.05) is 18.2 Å². The molecule has 1 aliphatic heterocycles. The van der Waals surface area contributed by atoms with E-state index in [1.807, 2.05) is 23.1 Å². The highest BCUT2D eigenvalue weighted by molar-refractivity contribution is 7.94. The Kier molecular flexibility index (Phi) is 6.79. The van der Waals surface area contributed by atoms with Crippen molar-refractivity contribution in [2.75, 3.05) is 31.0 Å². The number of anilines is 1. The topological polar surface area (TPSA) is 127 Å². The fraction of sp³-hybridized carbons (Fsp3) is 0.292. The maximum absolute atomic E-state index is 13.1. The predicted octanol–water partition coefficient (Wildman–Crippen LogP) is 3.30. The number of para-hydroxylation sites is 1. The van der Waals surface area contributed by atoms with E-state index in [-0.39, 0.29) is 16.7 Å². The largest absolute Gasteiger partial charge is 0.480 e.